The van der Waals surface area contributed by atoms with Gasteiger partial charge in [-0.25, -0.2) is 4.79 Å². The molecular formula is C17H21N5O4. The highest BCUT2D eigenvalue weighted by molar-refractivity contribution is 5.98. The maximum atomic E-state index is 11.4. The van der Waals surface area contributed by atoms with Crippen molar-refractivity contribution >= 4 is 29.5 Å². The smallest absolute Gasteiger partial charge is 0.361 e. The van der Waals surface area contributed by atoms with Crippen LogP contribution in [0.3, 0.4) is 0 Å². The van der Waals surface area contributed by atoms with Gasteiger partial charge in [0.25, 0.3) is 5.91 Å². The first-order valence-corrected chi connectivity index (χ1v) is 8.06. The molecule has 1 aliphatic rings. The number of nitrogens with two attached hydrogens (primary N) is 1. The number of ether oxygens (including phenoxy) is 1. The van der Waals surface area contributed by atoms with E-state index in [0.29, 0.717) is 6.29 Å². The predicted octanol–water partition coefficient (Wildman–Crippen LogP) is 0.995. The maximum absolute atomic E-state index is 11.4. The third-order valence-corrected chi connectivity index (χ3v) is 3.74. The lowest BCUT2D eigenvalue weighted by molar-refractivity contribution is 0.0520. The molecular weight excluding hydrogens is 338 g/mol. The Balaban J connectivity index is 0.000000187. The van der Waals surface area contributed by atoms with Crippen LogP contribution in [0.4, 0.5) is 11.4 Å². The second-order valence-corrected chi connectivity index (χ2v) is 5.37. The molecule has 0 fully saturated rings. The second kappa shape index (κ2) is 8.65. The molecule has 2 heterocycles. The highest BCUT2D eigenvalue weighted by Gasteiger charge is 2.17. The van der Waals surface area contributed by atoms with Gasteiger partial charge < -0.3 is 21.1 Å². The lowest BCUT2D eigenvalue weighted by atomic mass is 10.00. The van der Waals surface area contributed by atoms with Gasteiger partial charge in [0.05, 0.1) is 12.3 Å². The topological polar surface area (TPSA) is 139 Å². The van der Waals surface area contributed by atoms with E-state index in [2.05, 4.69) is 25.6 Å². The molecule has 0 unspecified atom stereocenters. The van der Waals surface area contributed by atoms with Crippen molar-refractivity contribution in [3.05, 3.63) is 40.7 Å². The number of rotatable bonds is 4. The number of hydrogen-bond donors (Lipinski definition) is 4. The normalized spacial score (nSPS) is 12.2. The van der Waals surface area contributed by atoms with E-state index in [4.69, 9.17) is 5.73 Å². The highest BCUT2D eigenvalue weighted by atomic mass is 16.5. The minimum Gasteiger partial charge on any atom is -0.461 e. The van der Waals surface area contributed by atoms with E-state index in [-0.39, 0.29) is 29.6 Å². The van der Waals surface area contributed by atoms with Crippen LogP contribution in [0.25, 0.3) is 0 Å². The van der Waals surface area contributed by atoms with Crippen LogP contribution in [0.5, 0.6) is 0 Å². The Kier molecular flexibility index (Phi) is 6.31. The number of aromatic amines is 1. The van der Waals surface area contributed by atoms with Crippen molar-refractivity contribution in [3.63, 3.8) is 0 Å². The summed E-state index contributed by atoms with van der Waals surface area (Å²) in [5.41, 5.74) is 8.40. The summed E-state index contributed by atoms with van der Waals surface area (Å²) in [5.74, 6) is -0.595. The fourth-order valence-corrected chi connectivity index (χ4v) is 2.38. The monoisotopic (exact) mass is 359 g/mol. The first-order chi connectivity index (χ1) is 12.5. The zero-order valence-corrected chi connectivity index (χ0v) is 14.6. The van der Waals surface area contributed by atoms with Crippen molar-refractivity contribution in [2.75, 3.05) is 31.2 Å². The van der Waals surface area contributed by atoms with E-state index in [1.165, 1.54) is 0 Å². The highest BCUT2D eigenvalue weighted by Crippen LogP contribution is 2.18. The van der Waals surface area contributed by atoms with Crippen LogP contribution in [0.1, 0.15) is 43.8 Å². The summed E-state index contributed by atoms with van der Waals surface area (Å²) in [6, 6.07) is 5.90. The number of aromatic nitrogens is 2. The predicted molar refractivity (Wildman–Crippen MR) is 96.4 cm³/mol. The minimum atomic E-state index is -0.635. The molecule has 1 amide bonds. The number of benzene rings is 1. The SMILES string of the molecule is CCOC(=O)c1n[nH]c(C=O)c1N.CNc1ccc2c(c1)C(=O)NCC2. The third kappa shape index (κ3) is 4.18. The molecule has 1 aromatic carbocycles. The maximum Gasteiger partial charge on any atom is 0.361 e. The van der Waals surface area contributed by atoms with E-state index in [1.54, 1.807) is 6.92 Å². The number of hydrogen-bond acceptors (Lipinski definition) is 7. The number of nitrogens with zero attached hydrogens (tertiary/aromatic N) is 1. The summed E-state index contributed by atoms with van der Waals surface area (Å²) in [6.07, 6.45) is 1.43. The summed E-state index contributed by atoms with van der Waals surface area (Å²) in [5, 5.41) is 11.7. The number of H-pyrrole nitrogens is 1. The van der Waals surface area contributed by atoms with Crippen molar-refractivity contribution < 1.29 is 19.1 Å². The van der Waals surface area contributed by atoms with Crippen molar-refractivity contribution in [1.82, 2.24) is 15.5 Å². The van der Waals surface area contributed by atoms with Gasteiger partial charge in [-0.3, -0.25) is 14.7 Å². The molecule has 1 aromatic heterocycles. The van der Waals surface area contributed by atoms with Crippen LogP contribution in [0.15, 0.2) is 18.2 Å². The van der Waals surface area contributed by atoms with E-state index in [0.717, 1.165) is 29.8 Å². The summed E-state index contributed by atoms with van der Waals surface area (Å²) in [4.78, 5) is 32.8. The molecule has 0 saturated heterocycles. The molecule has 138 valence electrons. The van der Waals surface area contributed by atoms with Crippen LogP contribution in [0.2, 0.25) is 0 Å². The number of aldehydes is 1. The molecule has 9 heteroatoms. The van der Waals surface area contributed by atoms with E-state index < -0.39 is 5.97 Å². The van der Waals surface area contributed by atoms with Gasteiger partial charge in [-0.1, -0.05) is 6.07 Å². The van der Waals surface area contributed by atoms with Crippen LogP contribution in [0, 0.1) is 0 Å². The van der Waals surface area contributed by atoms with Gasteiger partial charge in [0.15, 0.2) is 12.0 Å². The van der Waals surface area contributed by atoms with E-state index in [9.17, 15) is 14.4 Å². The molecule has 0 radical (unpaired) electrons. The van der Waals surface area contributed by atoms with Crippen LogP contribution in [-0.2, 0) is 11.2 Å². The number of nitrogen functional groups attached to an aromatic ring is 1. The van der Waals surface area contributed by atoms with Crippen LogP contribution < -0.4 is 16.4 Å². The summed E-state index contributed by atoms with van der Waals surface area (Å²) >= 11 is 0. The number of esters is 1. The molecule has 0 atom stereocenters. The molecule has 26 heavy (non-hydrogen) atoms. The molecule has 5 N–H and O–H groups in total. The third-order valence-electron chi connectivity index (χ3n) is 3.74. The number of amides is 1. The lowest BCUT2D eigenvalue weighted by Crippen LogP contribution is -2.31. The molecule has 2 aromatic rings. The van der Waals surface area contributed by atoms with Gasteiger partial charge in [-0.05, 0) is 31.0 Å². The van der Waals surface area contributed by atoms with Gasteiger partial charge in [0.1, 0.15) is 5.69 Å². The van der Waals surface area contributed by atoms with Crippen LogP contribution in [-0.4, -0.2) is 48.6 Å². The van der Waals surface area contributed by atoms with Crippen molar-refractivity contribution in [2.24, 2.45) is 0 Å². The molecule has 1 aliphatic heterocycles. The van der Waals surface area contributed by atoms with Gasteiger partial charge >= 0.3 is 5.97 Å². The first kappa shape index (κ1) is 19.0. The minimum absolute atomic E-state index is 0.0217. The Morgan fingerprint density at radius 3 is 2.85 bits per heavy atom. The molecule has 0 spiro atoms. The number of anilines is 2. The van der Waals surface area contributed by atoms with Gasteiger partial charge in [-0.15, -0.1) is 0 Å². The fraction of sp³-hybridized carbons (Fsp3) is 0.294. The lowest BCUT2D eigenvalue weighted by Gasteiger charge is -2.16. The summed E-state index contributed by atoms with van der Waals surface area (Å²) < 4.78 is 4.65. The largest absolute Gasteiger partial charge is 0.461 e. The fourth-order valence-electron chi connectivity index (χ4n) is 2.38. The van der Waals surface area contributed by atoms with Crippen LogP contribution >= 0.6 is 0 Å². The number of fused-ring (bicyclic) bond motifs is 1. The van der Waals surface area contributed by atoms with Gasteiger partial charge in [-0.2, -0.15) is 5.10 Å². The standard InChI is InChI=1S/C10H12N2O.C7H9N3O3/c1-11-8-3-2-7-4-5-12-10(13)9(7)6-8;1-2-13-7(12)6-5(8)4(3-11)9-10-6/h2-3,6,11H,4-5H2,1H3,(H,12,13);3H,2,8H2,1H3,(H,9,10). The number of carbonyl (C=O) groups is 3. The van der Waals surface area contributed by atoms with Crippen molar-refractivity contribution in [3.8, 4) is 0 Å². The molecule has 0 aliphatic carbocycles. The Morgan fingerprint density at radius 2 is 2.23 bits per heavy atom. The zero-order chi connectivity index (χ0) is 19.1. The molecule has 0 bridgehead atoms. The summed E-state index contributed by atoms with van der Waals surface area (Å²) in [7, 11) is 1.85. The Labute approximate surface area is 150 Å². The average molecular weight is 359 g/mol. The van der Waals surface area contributed by atoms with Gasteiger partial charge in [0.2, 0.25) is 0 Å². The molecule has 3 rings (SSSR count). The Bertz CT molecular complexity index is 815. The van der Waals surface area contributed by atoms with E-state index >= 15 is 0 Å². The van der Waals surface area contributed by atoms with Crippen molar-refractivity contribution in [1.29, 1.82) is 0 Å². The number of nitrogens with one attached hydrogen (secondary N) is 3. The average Bonchev–Trinajstić information content (AvgIpc) is 3.03. The molecule has 9 nitrogen and oxygen atoms in total. The summed E-state index contributed by atoms with van der Waals surface area (Å²) in [6.45, 7) is 2.66. The Morgan fingerprint density at radius 1 is 1.46 bits per heavy atom. The van der Waals surface area contributed by atoms with Gasteiger partial charge in [0, 0.05) is 24.8 Å². The molecule has 0 saturated carbocycles. The quantitative estimate of drug-likeness (QED) is 0.471. The first-order valence-electron chi connectivity index (χ1n) is 8.06. The number of carbonyl (C=O) groups excluding carboxylic acids is 3. The van der Waals surface area contributed by atoms with E-state index in [1.807, 2.05) is 25.2 Å². The Hall–Kier alpha value is -3.36. The second-order valence-electron chi connectivity index (χ2n) is 5.37. The van der Waals surface area contributed by atoms with Crippen molar-refractivity contribution in [2.45, 2.75) is 13.3 Å². The zero-order valence-electron chi connectivity index (χ0n) is 14.6.